The molecule has 1 aromatic heterocycles. The molecule has 2 aliphatic heterocycles. The van der Waals surface area contributed by atoms with Crippen LogP contribution >= 0.6 is 0 Å². The van der Waals surface area contributed by atoms with E-state index in [0.717, 1.165) is 43.8 Å². The van der Waals surface area contributed by atoms with E-state index in [1.807, 2.05) is 12.1 Å². The first-order chi connectivity index (χ1) is 14.5. The van der Waals surface area contributed by atoms with Crippen LogP contribution in [0.4, 0.5) is 0 Å². The second-order valence-electron chi connectivity index (χ2n) is 8.51. The van der Waals surface area contributed by atoms with Crippen LogP contribution < -0.4 is 10.1 Å². The number of nitrogens with zero attached hydrogens (tertiary/aromatic N) is 2. The Hall–Kier alpha value is -1.74. The first kappa shape index (κ1) is 22.9. The third kappa shape index (κ3) is 5.11. The smallest absolute Gasteiger partial charge is 0.259 e. The van der Waals surface area contributed by atoms with Crippen molar-refractivity contribution in [2.75, 3.05) is 40.8 Å². The van der Waals surface area contributed by atoms with Crippen molar-refractivity contribution >= 4 is 5.91 Å². The van der Waals surface area contributed by atoms with Crippen LogP contribution in [0.15, 0.2) is 18.3 Å². The molecule has 168 valence electrons. The Labute approximate surface area is 179 Å². The zero-order chi connectivity index (χ0) is 21.6. The van der Waals surface area contributed by atoms with Crippen LogP contribution in [-0.2, 0) is 25.4 Å². The van der Waals surface area contributed by atoms with Gasteiger partial charge in [-0.05, 0) is 44.3 Å². The van der Waals surface area contributed by atoms with Crippen LogP contribution in [0.5, 0.6) is 5.75 Å². The molecule has 2 aliphatic rings. The van der Waals surface area contributed by atoms with E-state index in [-0.39, 0.29) is 31.6 Å². The van der Waals surface area contributed by atoms with E-state index in [0.29, 0.717) is 12.3 Å². The molecule has 2 atom stereocenters. The highest BCUT2D eigenvalue weighted by molar-refractivity contribution is 5.93. The minimum absolute atomic E-state index is 0.0480. The molecule has 2 saturated heterocycles. The number of carbonyl (C=O) groups is 1. The van der Waals surface area contributed by atoms with Crippen molar-refractivity contribution in [1.29, 1.82) is 0 Å². The van der Waals surface area contributed by atoms with Gasteiger partial charge in [0.25, 0.3) is 5.91 Å². The fraction of sp³-hybridized carbons (Fsp3) is 0.727. The maximum atomic E-state index is 13.2. The number of methoxy groups -OCH3 is 2. The Morgan fingerprint density at radius 3 is 2.70 bits per heavy atom. The number of piperidine rings is 1. The second kappa shape index (κ2) is 10.5. The third-order valence-electron chi connectivity index (χ3n) is 5.76. The molecule has 1 N–H and O–H groups in total. The van der Waals surface area contributed by atoms with Crippen molar-refractivity contribution in [2.24, 2.45) is 5.92 Å². The molecule has 0 radical (unpaired) electrons. The summed E-state index contributed by atoms with van der Waals surface area (Å²) in [6, 6.07) is 3.70. The number of aromatic nitrogens is 1. The molecule has 0 saturated carbocycles. The Morgan fingerprint density at radius 1 is 1.27 bits per heavy atom. The Balaban J connectivity index is 1.80. The van der Waals surface area contributed by atoms with Crippen molar-refractivity contribution in [2.45, 2.75) is 57.3 Å². The number of β-lactam (4-membered cyclic amide) rings is 1. The first-order valence-electron chi connectivity index (χ1n) is 10.8. The van der Waals surface area contributed by atoms with E-state index in [2.05, 4.69) is 24.1 Å². The highest BCUT2D eigenvalue weighted by Gasteiger charge is 2.62. The molecule has 0 aliphatic carbocycles. The lowest BCUT2D eigenvalue weighted by Crippen LogP contribution is -2.76. The number of ether oxygens (including phenoxy) is 4. The van der Waals surface area contributed by atoms with Crippen molar-refractivity contribution in [3.8, 4) is 5.75 Å². The van der Waals surface area contributed by atoms with Gasteiger partial charge < -0.3 is 29.2 Å². The van der Waals surface area contributed by atoms with Crippen molar-refractivity contribution in [3.63, 3.8) is 0 Å². The average Bonchev–Trinajstić information content (AvgIpc) is 2.74. The summed E-state index contributed by atoms with van der Waals surface area (Å²) in [7, 11) is 3.16. The van der Waals surface area contributed by atoms with Gasteiger partial charge in [0.15, 0.2) is 5.60 Å². The SMILES string of the molecule is COCO[C@]1(Cc2cc(OC3CCNCC3)ccn2)C(=O)N(COC)[C@H]1CC(C)C. The summed E-state index contributed by atoms with van der Waals surface area (Å²) in [5, 5.41) is 3.34. The molecule has 8 heteroatoms. The summed E-state index contributed by atoms with van der Waals surface area (Å²) < 4.78 is 22.6. The van der Waals surface area contributed by atoms with E-state index in [4.69, 9.17) is 18.9 Å². The molecule has 2 fully saturated rings. The maximum Gasteiger partial charge on any atom is 0.259 e. The van der Waals surface area contributed by atoms with Gasteiger partial charge in [-0.1, -0.05) is 13.8 Å². The van der Waals surface area contributed by atoms with E-state index in [9.17, 15) is 4.79 Å². The van der Waals surface area contributed by atoms with Gasteiger partial charge in [-0.15, -0.1) is 0 Å². The summed E-state index contributed by atoms with van der Waals surface area (Å²) >= 11 is 0. The fourth-order valence-electron chi connectivity index (χ4n) is 4.33. The summed E-state index contributed by atoms with van der Waals surface area (Å²) in [6.07, 6.45) is 5.10. The standard InChI is InChI=1S/C22H35N3O5/c1-16(2)11-20-22(29-15-28-4,21(26)25(20)14-27-3)13-17-12-19(7-10-24-17)30-18-5-8-23-9-6-18/h7,10,12,16,18,20,23H,5-6,8-9,11,13-15H2,1-4H3/t20-,22-/m0/s1. The molecule has 1 amide bonds. The quantitative estimate of drug-likeness (QED) is 0.432. The molecule has 1 aromatic rings. The van der Waals surface area contributed by atoms with Crippen LogP contribution in [-0.4, -0.2) is 74.4 Å². The highest BCUT2D eigenvalue weighted by atomic mass is 16.7. The van der Waals surface area contributed by atoms with Gasteiger partial charge in [0, 0.05) is 38.6 Å². The number of hydrogen-bond acceptors (Lipinski definition) is 7. The lowest BCUT2D eigenvalue weighted by molar-refractivity contribution is -0.235. The highest BCUT2D eigenvalue weighted by Crippen LogP contribution is 2.41. The van der Waals surface area contributed by atoms with Gasteiger partial charge in [0.1, 0.15) is 25.4 Å². The maximum absolute atomic E-state index is 13.2. The van der Waals surface area contributed by atoms with Crippen molar-refractivity contribution < 1.29 is 23.7 Å². The molecule has 0 aromatic carbocycles. The summed E-state index contributed by atoms with van der Waals surface area (Å²) in [4.78, 5) is 19.4. The van der Waals surface area contributed by atoms with E-state index in [1.165, 1.54) is 0 Å². The Bertz CT molecular complexity index is 695. The second-order valence-corrected chi connectivity index (χ2v) is 8.51. The number of rotatable bonds is 11. The monoisotopic (exact) mass is 421 g/mol. The number of likely N-dealkylation sites (tertiary alicyclic amines) is 1. The van der Waals surface area contributed by atoms with Gasteiger partial charge in [-0.25, -0.2) is 0 Å². The summed E-state index contributed by atoms with van der Waals surface area (Å²) in [5.74, 6) is 1.10. The first-order valence-corrected chi connectivity index (χ1v) is 10.8. The van der Waals surface area contributed by atoms with Crippen LogP contribution in [0.2, 0.25) is 0 Å². The predicted molar refractivity (Wildman–Crippen MR) is 112 cm³/mol. The zero-order valence-electron chi connectivity index (χ0n) is 18.6. The molecule has 0 bridgehead atoms. The molecule has 8 nitrogen and oxygen atoms in total. The minimum Gasteiger partial charge on any atom is -0.490 e. The normalized spacial score (nSPS) is 24.9. The largest absolute Gasteiger partial charge is 0.490 e. The zero-order valence-corrected chi connectivity index (χ0v) is 18.6. The summed E-state index contributed by atoms with van der Waals surface area (Å²) in [5.41, 5.74) is -0.226. The van der Waals surface area contributed by atoms with Crippen molar-refractivity contribution in [3.05, 3.63) is 24.0 Å². The van der Waals surface area contributed by atoms with Crippen molar-refractivity contribution in [1.82, 2.24) is 15.2 Å². The molecule has 0 unspecified atom stereocenters. The lowest BCUT2D eigenvalue weighted by atomic mass is 9.75. The van der Waals surface area contributed by atoms with Gasteiger partial charge in [0.05, 0.1) is 6.04 Å². The van der Waals surface area contributed by atoms with Gasteiger partial charge in [-0.2, -0.15) is 0 Å². The molecule has 30 heavy (non-hydrogen) atoms. The van der Waals surface area contributed by atoms with Crippen LogP contribution in [0, 0.1) is 5.92 Å². The van der Waals surface area contributed by atoms with Crippen LogP contribution in [0.25, 0.3) is 0 Å². The number of hydrogen-bond donors (Lipinski definition) is 1. The molecule has 3 heterocycles. The number of amides is 1. The Morgan fingerprint density at radius 2 is 2.03 bits per heavy atom. The van der Waals surface area contributed by atoms with Gasteiger partial charge >= 0.3 is 0 Å². The summed E-state index contributed by atoms with van der Waals surface area (Å²) in [6.45, 7) is 6.52. The molecular weight excluding hydrogens is 386 g/mol. The average molecular weight is 422 g/mol. The minimum atomic E-state index is -1.00. The Kier molecular flexibility index (Phi) is 8.05. The molecule has 3 rings (SSSR count). The van der Waals surface area contributed by atoms with E-state index < -0.39 is 5.60 Å². The van der Waals surface area contributed by atoms with Gasteiger partial charge in [-0.3, -0.25) is 9.78 Å². The van der Waals surface area contributed by atoms with Gasteiger partial charge in [0.2, 0.25) is 0 Å². The number of nitrogens with one attached hydrogen (secondary N) is 1. The molecule has 0 spiro atoms. The number of pyridine rings is 1. The van der Waals surface area contributed by atoms with E-state index in [1.54, 1.807) is 25.3 Å². The lowest BCUT2D eigenvalue weighted by Gasteiger charge is -2.55. The van der Waals surface area contributed by atoms with Crippen LogP contribution in [0.3, 0.4) is 0 Å². The predicted octanol–water partition coefficient (Wildman–Crippen LogP) is 1.97. The fourth-order valence-corrected chi connectivity index (χ4v) is 4.33. The topological polar surface area (TPSA) is 82.2 Å². The molecular formula is C22H35N3O5. The third-order valence-corrected chi connectivity index (χ3v) is 5.76. The number of carbonyl (C=O) groups excluding carboxylic acids is 1. The van der Waals surface area contributed by atoms with E-state index >= 15 is 0 Å². The van der Waals surface area contributed by atoms with Crippen LogP contribution in [0.1, 0.15) is 38.8 Å².